The summed E-state index contributed by atoms with van der Waals surface area (Å²) in [6.45, 7) is 0. The predicted molar refractivity (Wildman–Crippen MR) is 39.9 cm³/mol. The molecule has 0 unspecified atom stereocenters. The number of methoxy groups -OCH3 is 1. The highest BCUT2D eigenvalue weighted by Crippen LogP contribution is 2.24. The quantitative estimate of drug-likeness (QED) is 0.616. The Morgan fingerprint density at radius 2 is 1.55 bits per heavy atom. The Morgan fingerprint density at radius 1 is 1.09 bits per heavy atom. The van der Waals surface area contributed by atoms with E-state index in [-0.39, 0.29) is 17.0 Å². The summed E-state index contributed by atoms with van der Waals surface area (Å²) in [7, 11) is 1.47. The minimum atomic E-state index is -0.00292. The number of aromatic hydroxyl groups is 2. The minimum absolute atomic E-state index is 0. The van der Waals surface area contributed by atoms with Crippen molar-refractivity contribution in [2.24, 2.45) is 0 Å². The number of benzene rings is 1. The molecule has 4 nitrogen and oxygen atoms in total. The van der Waals surface area contributed by atoms with E-state index in [9.17, 15) is 0 Å². The lowest BCUT2D eigenvalue weighted by Gasteiger charge is -1.99. The largest absolute Gasteiger partial charge is 0.508 e. The molecule has 0 aromatic heterocycles. The van der Waals surface area contributed by atoms with Crippen LogP contribution in [0.2, 0.25) is 0 Å². The van der Waals surface area contributed by atoms with Crippen molar-refractivity contribution in [1.29, 1.82) is 0 Å². The average molecular weight is 158 g/mol. The van der Waals surface area contributed by atoms with Gasteiger partial charge in [-0.2, -0.15) is 0 Å². The van der Waals surface area contributed by atoms with Crippen LogP contribution in [0.15, 0.2) is 18.2 Å². The van der Waals surface area contributed by atoms with Crippen LogP contribution in [0, 0.1) is 0 Å². The second-order valence-corrected chi connectivity index (χ2v) is 1.89. The molecule has 0 spiro atoms. The molecule has 0 heterocycles. The fourth-order valence-electron chi connectivity index (χ4n) is 0.686. The fraction of sp³-hybridized carbons (Fsp3) is 0.143. The summed E-state index contributed by atoms with van der Waals surface area (Å²) in [6, 6.07) is 4.07. The van der Waals surface area contributed by atoms with Crippen LogP contribution < -0.4 is 4.74 Å². The van der Waals surface area contributed by atoms with Gasteiger partial charge < -0.3 is 20.4 Å². The Labute approximate surface area is 64.0 Å². The van der Waals surface area contributed by atoms with Crippen LogP contribution in [0.1, 0.15) is 0 Å². The van der Waals surface area contributed by atoms with Gasteiger partial charge in [-0.25, -0.2) is 0 Å². The molecule has 0 radical (unpaired) electrons. The topological polar surface area (TPSA) is 81.2 Å². The molecule has 0 amide bonds. The predicted octanol–water partition coefficient (Wildman–Crippen LogP) is 0.282. The van der Waals surface area contributed by atoms with Crippen molar-refractivity contribution in [3.63, 3.8) is 0 Å². The summed E-state index contributed by atoms with van der Waals surface area (Å²) in [5.74, 6) is 0.436. The average Bonchev–Trinajstić information content (AvgIpc) is 1.85. The third-order valence-electron chi connectivity index (χ3n) is 1.11. The molecule has 11 heavy (non-hydrogen) atoms. The van der Waals surface area contributed by atoms with Crippen LogP contribution in [0.25, 0.3) is 0 Å². The molecule has 4 N–H and O–H groups in total. The van der Waals surface area contributed by atoms with Crippen molar-refractivity contribution in [2.45, 2.75) is 0 Å². The first-order valence-electron chi connectivity index (χ1n) is 2.79. The number of hydrogen-bond acceptors (Lipinski definition) is 3. The van der Waals surface area contributed by atoms with Gasteiger partial charge in [0.05, 0.1) is 7.11 Å². The van der Waals surface area contributed by atoms with Crippen LogP contribution in [0.3, 0.4) is 0 Å². The van der Waals surface area contributed by atoms with Crippen molar-refractivity contribution in [2.75, 3.05) is 7.11 Å². The summed E-state index contributed by atoms with van der Waals surface area (Å²) in [4.78, 5) is 0. The number of phenolic OH excluding ortho intramolecular Hbond substituents is 2. The van der Waals surface area contributed by atoms with Crippen molar-refractivity contribution in [1.82, 2.24) is 0 Å². The van der Waals surface area contributed by atoms with Crippen LogP contribution in [-0.4, -0.2) is 22.8 Å². The molecule has 0 atom stereocenters. The Kier molecular flexibility index (Phi) is 3.20. The first-order valence-corrected chi connectivity index (χ1v) is 2.79. The number of hydrogen-bond donors (Lipinski definition) is 2. The Morgan fingerprint density at radius 3 is 1.91 bits per heavy atom. The van der Waals surface area contributed by atoms with Crippen molar-refractivity contribution < 1.29 is 20.4 Å². The fourth-order valence-corrected chi connectivity index (χ4v) is 0.686. The van der Waals surface area contributed by atoms with Crippen LogP contribution in [0.5, 0.6) is 17.2 Å². The molecule has 0 bridgehead atoms. The van der Waals surface area contributed by atoms with Gasteiger partial charge in [0.1, 0.15) is 17.2 Å². The summed E-state index contributed by atoms with van der Waals surface area (Å²) >= 11 is 0. The zero-order chi connectivity index (χ0) is 7.56. The molecule has 4 heteroatoms. The molecule has 0 aliphatic rings. The highest BCUT2D eigenvalue weighted by atomic mass is 16.5. The monoisotopic (exact) mass is 158 g/mol. The number of rotatable bonds is 1. The van der Waals surface area contributed by atoms with E-state index in [1.165, 1.54) is 25.3 Å². The summed E-state index contributed by atoms with van der Waals surface area (Å²) < 4.78 is 4.76. The number of phenols is 2. The smallest absolute Gasteiger partial charge is 0.126 e. The van der Waals surface area contributed by atoms with Crippen molar-refractivity contribution >= 4 is 0 Å². The van der Waals surface area contributed by atoms with Gasteiger partial charge in [0.15, 0.2) is 0 Å². The lowest BCUT2D eigenvalue weighted by molar-refractivity contribution is 0.398. The molecule has 0 aliphatic carbocycles. The zero-order valence-corrected chi connectivity index (χ0v) is 6.03. The van der Waals surface area contributed by atoms with Crippen molar-refractivity contribution in [3.05, 3.63) is 18.2 Å². The molecular formula is C7H10O4. The Bertz CT molecular complexity index is 214. The first kappa shape index (κ1) is 9.58. The van der Waals surface area contributed by atoms with Crippen LogP contribution in [0.4, 0.5) is 0 Å². The number of ether oxygens (including phenoxy) is 1. The molecule has 0 aliphatic heterocycles. The summed E-state index contributed by atoms with van der Waals surface area (Å²) in [5, 5.41) is 17.8. The van der Waals surface area contributed by atoms with E-state index in [1.807, 2.05) is 0 Å². The van der Waals surface area contributed by atoms with Gasteiger partial charge >= 0.3 is 0 Å². The van der Waals surface area contributed by atoms with E-state index in [2.05, 4.69) is 0 Å². The highest BCUT2D eigenvalue weighted by molar-refractivity contribution is 5.40. The third kappa shape index (κ3) is 2.35. The SMILES string of the molecule is COc1cc(O)cc(O)c1.O. The lowest BCUT2D eigenvalue weighted by atomic mass is 10.3. The Hall–Kier alpha value is -1.42. The molecule has 0 saturated heterocycles. The van der Waals surface area contributed by atoms with E-state index in [0.717, 1.165) is 0 Å². The maximum Gasteiger partial charge on any atom is 0.126 e. The second kappa shape index (κ2) is 3.68. The normalized spacial score (nSPS) is 8.45. The van der Waals surface area contributed by atoms with Gasteiger partial charge in [-0.3, -0.25) is 0 Å². The molecule has 1 aromatic carbocycles. The zero-order valence-electron chi connectivity index (χ0n) is 6.03. The molecule has 62 valence electrons. The Balaban J connectivity index is 0.000001000. The van der Waals surface area contributed by atoms with Crippen LogP contribution >= 0.6 is 0 Å². The minimum Gasteiger partial charge on any atom is -0.508 e. The highest BCUT2D eigenvalue weighted by Gasteiger charge is 1.96. The van der Waals surface area contributed by atoms with Crippen molar-refractivity contribution in [3.8, 4) is 17.2 Å². The van der Waals surface area contributed by atoms with E-state index < -0.39 is 0 Å². The molecule has 1 rings (SSSR count). The van der Waals surface area contributed by atoms with E-state index in [4.69, 9.17) is 14.9 Å². The lowest BCUT2D eigenvalue weighted by Crippen LogP contribution is -1.80. The summed E-state index contributed by atoms with van der Waals surface area (Å²) in [5.41, 5.74) is 0. The molecule has 0 saturated carbocycles. The molecule has 0 fully saturated rings. The maximum absolute atomic E-state index is 8.88. The maximum atomic E-state index is 8.88. The molecule has 1 aromatic rings. The van der Waals surface area contributed by atoms with E-state index in [0.29, 0.717) is 5.75 Å². The standard InChI is InChI=1S/C7H8O3.H2O/c1-10-7-3-5(8)2-6(9)4-7;/h2-4,8-9H,1H3;1H2. The summed E-state index contributed by atoms with van der Waals surface area (Å²) in [6.07, 6.45) is 0. The van der Waals surface area contributed by atoms with Gasteiger partial charge in [-0.1, -0.05) is 0 Å². The van der Waals surface area contributed by atoms with Crippen LogP contribution in [-0.2, 0) is 0 Å². The third-order valence-corrected chi connectivity index (χ3v) is 1.11. The second-order valence-electron chi connectivity index (χ2n) is 1.89. The van der Waals surface area contributed by atoms with E-state index in [1.54, 1.807) is 0 Å². The van der Waals surface area contributed by atoms with Gasteiger partial charge in [0.2, 0.25) is 0 Å². The first-order chi connectivity index (χ1) is 4.72. The van der Waals surface area contributed by atoms with Gasteiger partial charge in [0.25, 0.3) is 0 Å². The van der Waals surface area contributed by atoms with Gasteiger partial charge in [0, 0.05) is 18.2 Å². The van der Waals surface area contributed by atoms with Gasteiger partial charge in [-0.05, 0) is 0 Å². The van der Waals surface area contributed by atoms with E-state index >= 15 is 0 Å². The molecular weight excluding hydrogens is 148 g/mol. The van der Waals surface area contributed by atoms with Gasteiger partial charge in [-0.15, -0.1) is 0 Å².